The monoisotopic (exact) mass is 294 g/mol. The van der Waals surface area contributed by atoms with Gasteiger partial charge in [0.1, 0.15) is 12.1 Å². The van der Waals surface area contributed by atoms with Crippen molar-refractivity contribution in [2.75, 3.05) is 0 Å². The van der Waals surface area contributed by atoms with Crippen LogP contribution in [0.1, 0.15) is 37.1 Å². The van der Waals surface area contributed by atoms with E-state index in [1.54, 1.807) is 0 Å². The zero-order valence-corrected chi connectivity index (χ0v) is 12.6. The fourth-order valence-electron chi connectivity index (χ4n) is 2.20. The van der Waals surface area contributed by atoms with Crippen LogP contribution < -0.4 is 0 Å². The molecule has 1 nitrogen and oxygen atoms in total. The van der Waals surface area contributed by atoms with Crippen molar-refractivity contribution in [1.29, 1.82) is 0 Å². The highest BCUT2D eigenvalue weighted by atomic mass is 35.5. The normalized spacial score (nSPS) is 14.9. The van der Waals surface area contributed by atoms with Crippen LogP contribution in [0.15, 0.2) is 60.7 Å². The number of benzene rings is 2. The minimum atomic E-state index is -0.103. The maximum Gasteiger partial charge on any atom is 0.187 e. The van der Waals surface area contributed by atoms with E-state index < -0.39 is 0 Å². The van der Waals surface area contributed by atoms with Crippen LogP contribution in [-0.2, 0) is 0 Å². The van der Waals surface area contributed by atoms with Crippen molar-refractivity contribution in [2.45, 2.75) is 25.9 Å². The van der Waals surface area contributed by atoms with Crippen LogP contribution in [-0.4, -0.2) is 3.52 Å². The fourth-order valence-corrected chi connectivity index (χ4v) is 2.65. The topological polar surface area (TPSA) is 0 Å². The molecular weight excluding hydrogens is 277 g/mol. The highest BCUT2D eigenvalue weighted by Crippen LogP contribution is 2.44. The van der Waals surface area contributed by atoms with Crippen molar-refractivity contribution in [2.24, 2.45) is 0 Å². The molecule has 0 saturated carbocycles. The van der Waals surface area contributed by atoms with Gasteiger partial charge in [-0.1, -0.05) is 60.7 Å². The van der Waals surface area contributed by atoms with Gasteiger partial charge < -0.3 is 0 Å². The van der Waals surface area contributed by atoms with E-state index in [0.717, 1.165) is 11.1 Å². The first-order chi connectivity index (χ1) is 9.03. The van der Waals surface area contributed by atoms with Crippen molar-refractivity contribution in [1.82, 2.24) is 0 Å². The minimum Gasteiger partial charge on any atom is -0.111 e. The summed E-state index contributed by atoms with van der Waals surface area (Å²) in [5, 5.41) is 0. The minimum absolute atomic E-state index is 0.000241. The Morgan fingerprint density at radius 3 is 1.32 bits per heavy atom. The molecule has 2 atom stereocenters. The first-order valence-corrected chi connectivity index (χ1v) is 7.08. The summed E-state index contributed by atoms with van der Waals surface area (Å²) < 4.78 is -0.103. The van der Waals surface area contributed by atoms with Crippen LogP contribution in [0.25, 0.3) is 0 Å². The second-order valence-electron chi connectivity index (χ2n) is 4.78. The summed E-state index contributed by atoms with van der Waals surface area (Å²) in [6.45, 7) is 4.10. The van der Waals surface area contributed by atoms with Gasteiger partial charge in [-0.25, -0.2) is 0 Å². The second kappa shape index (κ2) is 5.96. The lowest BCUT2D eigenvalue weighted by Gasteiger charge is -2.32. The third-order valence-corrected chi connectivity index (χ3v) is 4.77. The number of quaternary nitrogens is 1. The van der Waals surface area contributed by atoms with Gasteiger partial charge in [-0.2, -0.15) is 0 Å². The molecule has 0 fully saturated rings. The van der Waals surface area contributed by atoms with E-state index in [2.05, 4.69) is 38.1 Å². The molecular formula is C16H18Cl2N+. The van der Waals surface area contributed by atoms with Crippen molar-refractivity contribution >= 4 is 23.6 Å². The Bertz CT molecular complexity index is 463. The summed E-state index contributed by atoms with van der Waals surface area (Å²) in [7, 11) is 0. The van der Waals surface area contributed by atoms with Crippen molar-refractivity contribution in [3.05, 3.63) is 71.8 Å². The van der Waals surface area contributed by atoms with E-state index in [1.165, 1.54) is 0 Å². The van der Waals surface area contributed by atoms with Gasteiger partial charge in [-0.05, 0) is 13.8 Å². The molecule has 100 valence electrons. The zero-order valence-electron chi connectivity index (χ0n) is 11.1. The summed E-state index contributed by atoms with van der Waals surface area (Å²) >= 11 is 13.2. The molecule has 0 amide bonds. The lowest BCUT2D eigenvalue weighted by molar-refractivity contribution is -0.760. The van der Waals surface area contributed by atoms with E-state index in [1.807, 2.05) is 36.4 Å². The summed E-state index contributed by atoms with van der Waals surface area (Å²) in [6, 6.07) is 20.2. The fraction of sp³-hybridized carbons (Fsp3) is 0.250. The second-order valence-corrected chi connectivity index (χ2v) is 6.07. The third kappa shape index (κ3) is 3.11. The van der Waals surface area contributed by atoms with Gasteiger partial charge in [0.15, 0.2) is 23.6 Å². The molecule has 0 spiro atoms. The molecule has 0 aliphatic carbocycles. The number of hydrogen-bond donors (Lipinski definition) is 0. The molecule has 19 heavy (non-hydrogen) atoms. The summed E-state index contributed by atoms with van der Waals surface area (Å²) in [5.74, 6) is 0. The Morgan fingerprint density at radius 1 is 0.684 bits per heavy atom. The molecule has 0 saturated heterocycles. The summed E-state index contributed by atoms with van der Waals surface area (Å²) in [5.41, 5.74) is 2.27. The smallest absolute Gasteiger partial charge is 0.111 e. The number of nitrogens with zero attached hydrogens (tertiary/aromatic N) is 1. The van der Waals surface area contributed by atoms with Gasteiger partial charge in [0.2, 0.25) is 0 Å². The molecule has 0 bridgehead atoms. The largest absolute Gasteiger partial charge is 0.187 e. The zero-order chi connectivity index (χ0) is 13.9. The van der Waals surface area contributed by atoms with Crippen LogP contribution in [0, 0.1) is 0 Å². The molecule has 0 aliphatic heterocycles. The molecule has 0 aliphatic rings. The molecule has 2 rings (SSSR count). The molecule has 0 aromatic heterocycles. The first kappa shape index (κ1) is 14.4. The van der Waals surface area contributed by atoms with Gasteiger partial charge in [0.05, 0.1) is 0 Å². The molecule has 0 radical (unpaired) electrons. The lowest BCUT2D eigenvalue weighted by Crippen LogP contribution is -2.33. The van der Waals surface area contributed by atoms with Gasteiger partial charge in [0, 0.05) is 11.1 Å². The molecule has 0 N–H and O–H groups in total. The van der Waals surface area contributed by atoms with Crippen LogP contribution in [0.4, 0.5) is 0 Å². The van der Waals surface area contributed by atoms with E-state index in [9.17, 15) is 0 Å². The summed E-state index contributed by atoms with van der Waals surface area (Å²) in [6.07, 6.45) is 0. The predicted octanol–water partition coefficient (Wildman–Crippen LogP) is 5.63. The average molecular weight is 295 g/mol. The average Bonchev–Trinajstić information content (AvgIpc) is 2.47. The SMILES string of the molecule is C[C@H](c1ccccc1)[N+](Cl)(Cl)[C@H](C)c1ccccc1. The molecule has 0 heterocycles. The number of rotatable bonds is 4. The lowest BCUT2D eigenvalue weighted by atomic mass is 10.0. The summed E-state index contributed by atoms with van der Waals surface area (Å²) in [4.78, 5) is 0. The van der Waals surface area contributed by atoms with Gasteiger partial charge in [0.25, 0.3) is 0 Å². The molecule has 3 heteroatoms. The molecule has 2 aromatic carbocycles. The molecule has 2 aromatic rings. The Kier molecular flexibility index (Phi) is 4.51. The van der Waals surface area contributed by atoms with Crippen molar-refractivity contribution in [3.8, 4) is 0 Å². The number of hydrogen-bond acceptors (Lipinski definition) is 0. The quantitative estimate of drug-likeness (QED) is 0.641. The Morgan fingerprint density at radius 2 is 1.00 bits per heavy atom. The standard InChI is InChI=1S/C16H18Cl2N/c1-13(15-9-5-3-6-10-15)19(17,18)14(2)16-11-7-4-8-12-16/h3-14H,1-2H3/q+1/t13-,14-/m1/s1. The van der Waals surface area contributed by atoms with Crippen LogP contribution >= 0.6 is 23.6 Å². The highest BCUT2D eigenvalue weighted by molar-refractivity contribution is 6.23. The van der Waals surface area contributed by atoms with Crippen molar-refractivity contribution < 1.29 is 3.52 Å². The van der Waals surface area contributed by atoms with E-state index in [0.29, 0.717) is 0 Å². The van der Waals surface area contributed by atoms with E-state index in [4.69, 9.17) is 23.6 Å². The van der Waals surface area contributed by atoms with E-state index in [-0.39, 0.29) is 15.6 Å². The Hall–Kier alpha value is -1.02. The van der Waals surface area contributed by atoms with Crippen LogP contribution in [0.5, 0.6) is 0 Å². The van der Waals surface area contributed by atoms with Crippen LogP contribution in [0.2, 0.25) is 0 Å². The molecule has 0 unspecified atom stereocenters. The highest BCUT2D eigenvalue weighted by Gasteiger charge is 2.40. The van der Waals surface area contributed by atoms with Gasteiger partial charge in [-0.15, -0.1) is 3.52 Å². The first-order valence-electron chi connectivity index (χ1n) is 6.41. The van der Waals surface area contributed by atoms with Crippen LogP contribution in [0.3, 0.4) is 0 Å². The maximum absolute atomic E-state index is 6.61. The van der Waals surface area contributed by atoms with E-state index >= 15 is 0 Å². The Labute approximate surface area is 125 Å². The van der Waals surface area contributed by atoms with Gasteiger partial charge in [-0.3, -0.25) is 0 Å². The van der Waals surface area contributed by atoms with Crippen molar-refractivity contribution in [3.63, 3.8) is 0 Å². The maximum atomic E-state index is 6.61. The third-order valence-electron chi connectivity index (χ3n) is 3.60. The van der Waals surface area contributed by atoms with Gasteiger partial charge >= 0.3 is 0 Å². The number of halogens is 2. The predicted molar refractivity (Wildman–Crippen MR) is 81.7 cm³/mol. The Balaban J connectivity index is 2.27.